The van der Waals surface area contributed by atoms with E-state index in [4.69, 9.17) is 4.74 Å². The van der Waals surface area contributed by atoms with E-state index in [1.807, 2.05) is 12.1 Å². The van der Waals surface area contributed by atoms with Crippen LogP contribution in [-0.2, 0) is 0 Å². The second-order valence-electron chi connectivity index (χ2n) is 8.60. The molecule has 0 atom stereocenters. The molecule has 0 saturated carbocycles. The molecule has 0 aliphatic carbocycles. The molecule has 1 aliphatic heterocycles. The summed E-state index contributed by atoms with van der Waals surface area (Å²) in [5, 5.41) is 10.4. The standard InChI is InChI=1S/C28H26FNO3S/c29-21-8-13-24-25(18-21)34-28(20-4-9-22(31)10-5-20)26(24)27(32)19-6-11-23(12-7-19)33-17-16-30-14-2-1-3-15-30/h4-13,18,31H,1-3,14-17H2. The van der Waals surface area contributed by atoms with Crippen LogP contribution in [0.2, 0.25) is 0 Å². The molecule has 3 aromatic carbocycles. The second kappa shape index (κ2) is 9.95. The topological polar surface area (TPSA) is 49.8 Å². The number of fused-ring (bicyclic) bond motifs is 1. The summed E-state index contributed by atoms with van der Waals surface area (Å²) in [4.78, 5) is 16.8. The first-order chi connectivity index (χ1) is 16.6. The minimum absolute atomic E-state index is 0.124. The van der Waals surface area contributed by atoms with Crippen molar-refractivity contribution in [1.82, 2.24) is 4.90 Å². The van der Waals surface area contributed by atoms with E-state index >= 15 is 0 Å². The summed E-state index contributed by atoms with van der Waals surface area (Å²) >= 11 is 1.38. The van der Waals surface area contributed by atoms with Crippen LogP contribution in [0.3, 0.4) is 0 Å². The van der Waals surface area contributed by atoms with Gasteiger partial charge in [-0.2, -0.15) is 0 Å². The van der Waals surface area contributed by atoms with Gasteiger partial charge in [0.15, 0.2) is 5.78 Å². The highest BCUT2D eigenvalue weighted by Crippen LogP contribution is 2.40. The van der Waals surface area contributed by atoms with Crippen molar-refractivity contribution in [2.24, 2.45) is 0 Å². The lowest BCUT2D eigenvalue weighted by molar-refractivity contribution is 0.104. The van der Waals surface area contributed by atoms with E-state index in [0.717, 1.165) is 41.2 Å². The normalized spacial score (nSPS) is 14.4. The monoisotopic (exact) mass is 475 g/mol. The molecule has 4 aromatic rings. The number of hydrogen-bond acceptors (Lipinski definition) is 5. The molecule has 2 heterocycles. The van der Waals surface area contributed by atoms with E-state index < -0.39 is 0 Å². The van der Waals surface area contributed by atoms with Crippen molar-refractivity contribution < 1.29 is 19.0 Å². The van der Waals surface area contributed by atoms with Crippen molar-refractivity contribution in [3.8, 4) is 21.9 Å². The summed E-state index contributed by atoms with van der Waals surface area (Å²) in [6.45, 7) is 3.81. The van der Waals surface area contributed by atoms with Crippen molar-refractivity contribution in [1.29, 1.82) is 0 Å². The number of rotatable bonds is 7. The Hall–Kier alpha value is -3.22. The first-order valence-corrected chi connectivity index (χ1v) is 12.4. The second-order valence-corrected chi connectivity index (χ2v) is 9.65. The lowest BCUT2D eigenvalue weighted by Gasteiger charge is -2.26. The quantitative estimate of drug-likeness (QED) is 0.310. The molecule has 34 heavy (non-hydrogen) atoms. The summed E-state index contributed by atoms with van der Waals surface area (Å²) < 4.78 is 20.5. The number of ether oxygens (including phenoxy) is 1. The van der Waals surface area contributed by atoms with Crippen LogP contribution < -0.4 is 4.74 Å². The van der Waals surface area contributed by atoms with Crippen LogP contribution in [0.5, 0.6) is 11.5 Å². The number of aromatic hydroxyl groups is 1. The lowest BCUT2D eigenvalue weighted by atomic mass is 9.97. The third kappa shape index (κ3) is 4.83. The average molecular weight is 476 g/mol. The number of phenolic OH excluding ortho intramolecular Hbond substituents is 1. The molecule has 0 spiro atoms. The van der Waals surface area contributed by atoms with Crippen molar-refractivity contribution >= 4 is 27.2 Å². The van der Waals surface area contributed by atoms with Crippen LogP contribution in [0.25, 0.3) is 20.5 Å². The molecule has 6 heteroatoms. The molecule has 1 N–H and O–H groups in total. The zero-order chi connectivity index (χ0) is 23.5. The summed E-state index contributed by atoms with van der Waals surface area (Å²) in [6, 6.07) is 18.4. The SMILES string of the molecule is O=C(c1ccc(OCCN2CCCCC2)cc1)c1c(-c2ccc(O)cc2)sc2cc(F)ccc12. The third-order valence-corrected chi connectivity index (χ3v) is 7.45. The number of piperidine rings is 1. The van der Waals surface area contributed by atoms with Gasteiger partial charge in [-0.05, 0) is 98.2 Å². The fourth-order valence-corrected chi connectivity index (χ4v) is 5.66. The highest BCUT2D eigenvalue weighted by atomic mass is 32.1. The van der Waals surface area contributed by atoms with Gasteiger partial charge >= 0.3 is 0 Å². The number of benzene rings is 3. The number of hydrogen-bond donors (Lipinski definition) is 1. The van der Waals surface area contributed by atoms with E-state index in [9.17, 15) is 14.3 Å². The summed E-state index contributed by atoms with van der Waals surface area (Å²) in [5.41, 5.74) is 1.90. The Bertz CT molecular complexity index is 1290. The number of phenols is 1. The first-order valence-electron chi connectivity index (χ1n) is 11.6. The summed E-state index contributed by atoms with van der Waals surface area (Å²) in [7, 11) is 0. The van der Waals surface area contributed by atoms with E-state index in [0.29, 0.717) is 22.4 Å². The number of ketones is 1. The van der Waals surface area contributed by atoms with E-state index in [2.05, 4.69) is 4.90 Å². The molecule has 0 unspecified atom stereocenters. The Morgan fingerprint density at radius 2 is 1.71 bits per heavy atom. The highest BCUT2D eigenvalue weighted by molar-refractivity contribution is 7.22. The van der Waals surface area contributed by atoms with Crippen LogP contribution in [-0.4, -0.2) is 42.0 Å². The highest BCUT2D eigenvalue weighted by Gasteiger charge is 2.22. The molecule has 1 aliphatic rings. The smallest absolute Gasteiger partial charge is 0.195 e. The van der Waals surface area contributed by atoms with Crippen LogP contribution >= 0.6 is 11.3 Å². The zero-order valence-electron chi connectivity index (χ0n) is 18.8. The van der Waals surface area contributed by atoms with Gasteiger partial charge in [-0.3, -0.25) is 9.69 Å². The molecule has 4 nitrogen and oxygen atoms in total. The maximum Gasteiger partial charge on any atom is 0.195 e. The predicted molar refractivity (Wildman–Crippen MR) is 135 cm³/mol. The number of thiophene rings is 1. The first kappa shape index (κ1) is 22.6. The van der Waals surface area contributed by atoms with Crippen LogP contribution in [0.4, 0.5) is 4.39 Å². The molecule has 0 amide bonds. The van der Waals surface area contributed by atoms with Gasteiger partial charge in [-0.15, -0.1) is 11.3 Å². The van der Waals surface area contributed by atoms with Gasteiger partial charge < -0.3 is 9.84 Å². The van der Waals surface area contributed by atoms with Gasteiger partial charge in [-0.25, -0.2) is 4.39 Å². The van der Waals surface area contributed by atoms with Crippen LogP contribution in [0.15, 0.2) is 66.7 Å². The Kier molecular flexibility index (Phi) is 6.61. The molecular formula is C28H26FNO3S. The molecule has 174 valence electrons. The van der Waals surface area contributed by atoms with Gasteiger partial charge in [0.25, 0.3) is 0 Å². The third-order valence-electron chi connectivity index (χ3n) is 6.25. The molecular weight excluding hydrogens is 449 g/mol. The number of nitrogens with zero attached hydrogens (tertiary/aromatic N) is 1. The Morgan fingerprint density at radius 1 is 0.971 bits per heavy atom. The van der Waals surface area contributed by atoms with Crippen molar-refractivity contribution in [2.75, 3.05) is 26.2 Å². The van der Waals surface area contributed by atoms with Crippen molar-refractivity contribution in [3.63, 3.8) is 0 Å². The van der Waals surface area contributed by atoms with E-state index in [1.54, 1.807) is 42.5 Å². The minimum atomic E-state index is -0.337. The predicted octanol–water partition coefficient (Wildman–Crippen LogP) is 6.51. The molecule has 5 rings (SSSR count). The Balaban J connectivity index is 1.39. The zero-order valence-corrected chi connectivity index (χ0v) is 19.6. The fourth-order valence-electron chi connectivity index (χ4n) is 4.43. The van der Waals surface area contributed by atoms with E-state index in [-0.39, 0.29) is 17.3 Å². The van der Waals surface area contributed by atoms with E-state index in [1.165, 1.54) is 42.7 Å². The summed E-state index contributed by atoms with van der Waals surface area (Å²) in [5.74, 6) is 0.432. The number of carbonyl (C=O) groups is 1. The number of carbonyl (C=O) groups excluding carboxylic acids is 1. The van der Waals surface area contributed by atoms with Crippen molar-refractivity contribution in [2.45, 2.75) is 19.3 Å². The van der Waals surface area contributed by atoms with Gasteiger partial charge in [0.05, 0.1) is 0 Å². The molecule has 0 bridgehead atoms. The van der Waals surface area contributed by atoms with Crippen molar-refractivity contribution in [3.05, 3.63) is 83.7 Å². The van der Waals surface area contributed by atoms with Crippen LogP contribution in [0, 0.1) is 5.82 Å². The fraction of sp³-hybridized carbons (Fsp3) is 0.250. The van der Waals surface area contributed by atoms with Gasteiger partial charge in [-0.1, -0.05) is 6.42 Å². The molecule has 0 radical (unpaired) electrons. The lowest BCUT2D eigenvalue weighted by Crippen LogP contribution is -2.33. The summed E-state index contributed by atoms with van der Waals surface area (Å²) in [6.07, 6.45) is 3.83. The Morgan fingerprint density at radius 3 is 2.44 bits per heavy atom. The van der Waals surface area contributed by atoms with Gasteiger partial charge in [0, 0.05) is 32.6 Å². The maximum atomic E-state index is 13.9. The average Bonchev–Trinajstić information content (AvgIpc) is 3.23. The van der Waals surface area contributed by atoms with Gasteiger partial charge in [0.1, 0.15) is 23.9 Å². The van der Waals surface area contributed by atoms with Crippen LogP contribution in [0.1, 0.15) is 35.2 Å². The maximum absolute atomic E-state index is 13.9. The minimum Gasteiger partial charge on any atom is -0.508 e. The Labute approximate surface area is 202 Å². The van der Waals surface area contributed by atoms with Gasteiger partial charge in [0.2, 0.25) is 0 Å². The molecule has 1 aromatic heterocycles. The molecule has 1 saturated heterocycles. The number of halogens is 1. The largest absolute Gasteiger partial charge is 0.508 e. The molecule has 1 fully saturated rings. The number of likely N-dealkylation sites (tertiary alicyclic amines) is 1.